The van der Waals surface area contributed by atoms with Gasteiger partial charge in [-0.25, -0.2) is 4.99 Å². The van der Waals surface area contributed by atoms with Crippen LogP contribution in [0.5, 0.6) is 5.75 Å². The van der Waals surface area contributed by atoms with Gasteiger partial charge >= 0.3 is 0 Å². The highest BCUT2D eigenvalue weighted by molar-refractivity contribution is 6.33. The molecule has 1 unspecified atom stereocenters. The van der Waals surface area contributed by atoms with E-state index in [0.29, 0.717) is 48.0 Å². The molecular formula is C23H31ClN4O4. The lowest BCUT2D eigenvalue weighted by Gasteiger charge is -2.31. The number of aliphatic imine (C=N–C) groups is 1. The number of nitrogens with one attached hydrogen (secondary N) is 1. The molecule has 1 aromatic rings. The summed E-state index contributed by atoms with van der Waals surface area (Å²) in [5, 5.41) is 12.6. The summed E-state index contributed by atoms with van der Waals surface area (Å²) >= 11 is 6.42. The number of carbonyl (C=O) groups excluding carboxylic acids is 2. The van der Waals surface area contributed by atoms with Crippen molar-refractivity contribution in [1.29, 1.82) is 0 Å². The van der Waals surface area contributed by atoms with Gasteiger partial charge in [0.1, 0.15) is 11.8 Å². The highest BCUT2D eigenvalue weighted by Crippen LogP contribution is 2.38. The predicted molar refractivity (Wildman–Crippen MR) is 122 cm³/mol. The standard InChI is InChI=1S/C23H31ClN4O4/c1-27(16-7-3-2-4-8-16)20(30)9-5-6-10-32-17-11-15-13-28-19(14-29)22(31)26-23(28)25-21(15)18(24)12-17/h11-12,16,19,29H,2-10,13-14H2,1H3,(H,25,26,31). The number of aliphatic hydroxyl groups is 1. The van der Waals surface area contributed by atoms with Gasteiger partial charge in [-0.15, -0.1) is 0 Å². The van der Waals surface area contributed by atoms with E-state index in [-0.39, 0.29) is 18.4 Å². The molecular weight excluding hydrogens is 432 g/mol. The zero-order valence-electron chi connectivity index (χ0n) is 18.5. The van der Waals surface area contributed by atoms with Gasteiger partial charge in [0.2, 0.25) is 11.9 Å². The molecule has 1 saturated heterocycles. The van der Waals surface area contributed by atoms with E-state index in [4.69, 9.17) is 16.3 Å². The van der Waals surface area contributed by atoms with Crippen molar-refractivity contribution in [1.82, 2.24) is 15.1 Å². The number of ether oxygens (including phenoxy) is 1. The van der Waals surface area contributed by atoms with Crippen LogP contribution in [-0.4, -0.2) is 65.0 Å². The van der Waals surface area contributed by atoms with Crippen LogP contribution >= 0.6 is 11.6 Å². The summed E-state index contributed by atoms with van der Waals surface area (Å²) in [5.41, 5.74) is 1.45. The minimum absolute atomic E-state index is 0.217. The van der Waals surface area contributed by atoms with Gasteiger partial charge in [-0.2, -0.15) is 0 Å². The number of halogens is 1. The summed E-state index contributed by atoms with van der Waals surface area (Å²) in [6, 6.07) is 3.36. The summed E-state index contributed by atoms with van der Waals surface area (Å²) in [6.07, 6.45) is 8.06. The first-order valence-electron chi connectivity index (χ1n) is 11.5. The number of hydrogen-bond donors (Lipinski definition) is 2. The fourth-order valence-corrected chi connectivity index (χ4v) is 4.95. The Morgan fingerprint density at radius 3 is 2.84 bits per heavy atom. The maximum absolute atomic E-state index is 12.4. The molecule has 4 rings (SSSR count). The molecule has 174 valence electrons. The van der Waals surface area contributed by atoms with E-state index in [1.54, 1.807) is 11.0 Å². The molecule has 1 saturated carbocycles. The molecule has 0 radical (unpaired) electrons. The number of hydrogen-bond acceptors (Lipinski definition) is 6. The maximum atomic E-state index is 12.4. The summed E-state index contributed by atoms with van der Waals surface area (Å²) in [6.45, 7) is 0.628. The maximum Gasteiger partial charge on any atom is 0.251 e. The summed E-state index contributed by atoms with van der Waals surface area (Å²) in [5.74, 6) is 1.00. The van der Waals surface area contributed by atoms with Crippen molar-refractivity contribution >= 4 is 35.1 Å². The average molecular weight is 463 g/mol. The summed E-state index contributed by atoms with van der Waals surface area (Å²) in [4.78, 5) is 32.6. The Morgan fingerprint density at radius 2 is 2.09 bits per heavy atom. The minimum Gasteiger partial charge on any atom is -0.494 e. The van der Waals surface area contributed by atoms with E-state index in [1.807, 2.05) is 18.0 Å². The summed E-state index contributed by atoms with van der Waals surface area (Å²) in [7, 11) is 1.93. The lowest BCUT2D eigenvalue weighted by Crippen LogP contribution is -2.39. The van der Waals surface area contributed by atoms with Gasteiger partial charge in [-0.1, -0.05) is 30.9 Å². The van der Waals surface area contributed by atoms with Crippen LogP contribution < -0.4 is 10.1 Å². The van der Waals surface area contributed by atoms with Crippen LogP contribution in [0.1, 0.15) is 56.9 Å². The highest BCUT2D eigenvalue weighted by atomic mass is 35.5. The SMILES string of the molecule is CN(C(=O)CCCCOc1cc(Cl)c2c(c1)CN1C(=N2)NC(=O)C1CO)C1CCCCC1. The fourth-order valence-electron chi connectivity index (χ4n) is 4.68. The number of fused-ring (bicyclic) bond motifs is 2. The molecule has 3 aliphatic rings. The second kappa shape index (κ2) is 10.1. The van der Waals surface area contributed by atoms with Crippen molar-refractivity contribution in [3.05, 3.63) is 22.7 Å². The van der Waals surface area contributed by atoms with Crippen LogP contribution in [0.3, 0.4) is 0 Å². The molecule has 32 heavy (non-hydrogen) atoms. The third-order valence-electron chi connectivity index (χ3n) is 6.60. The van der Waals surface area contributed by atoms with Crippen LogP contribution in [0.4, 0.5) is 5.69 Å². The van der Waals surface area contributed by atoms with Gasteiger partial charge in [0.05, 0.1) is 23.9 Å². The van der Waals surface area contributed by atoms with Gasteiger partial charge in [0.25, 0.3) is 5.91 Å². The smallest absolute Gasteiger partial charge is 0.251 e. The minimum atomic E-state index is -0.644. The molecule has 2 heterocycles. The highest BCUT2D eigenvalue weighted by Gasteiger charge is 2.39. The molecule has 1 aliphatic carbocycles. The molecule has 0 aromatic heterocycles. The van der Waals surface area contributed by atoms with Crippen LogP contribution in [0.2, 0.25) is 5.02 Å². The van der Waals surface area contributed by atoms with E-state index in [2.05, 4.69) is 10.3 Å². The summed E-state index contributed by atoms with van der Waals surface area (Å²) < 4.78 is 5.89. The van der Waals surface area contributed by atoms with Crippen molar-refractivity contribution in [2.75, 3.05) is 20.3 Å². The van der Waals surface area contributed by atoms with Crippen molar-refractivity contribution in [2.45, 2.75) is 70.0 Å². The van der Waals surface area contributed by atoms with Gasteiger partial charge in [-0.3, -0.25) is 14.9 Å². The third kappa shape index (κ3) is 4.86. The Bertz CT molecular complexity index is 900. The van der Waals surface area contributed by atoms with Crippen molar-refractivity contribution in [2.24, 2.45) is 4.99 Å². The largest absolute Gasteiger partial charge is 0.494 e. The average Bonchev–Trinajstić information content (AvgIpc) is 3.11. The molecule has 8 nitrogen and oxygen atoms in total. The first-order valence-corrected chi connectivity index (χ1v) is 11.8. The molecule has 1 atom stereocenters. The Hall–Kier alpha value is -2.32. The molecule has 9 heteroatoms. The van der Waals surface area contributed by atoms with Crippen molar-refractivity contribution in [3.8, 4) is 5.75 Å². The fraction of sp³-hybridized carbons (Fsp3) is 0.609. The van der Waals surface area contributed by atoms with E-state index in [9.17, 15) is 14.7 Å². The van der Waals surface area contributed by atoms with Crippen LogP contribution in [0, 0.1) is 0 Å². The zero-order valence-corrected chi connectivity index (χ0v) is 19.2. The number of nitrogens with zero attached hydrogens (tertiary/aromatic N) is 3. The lowest BCUT2D eigenvalue weighted by atomic mass is 9.94. The lowest BCUT2D eigenvalue weighted by molar-refractivity contribution is -0.132. The molecule has 0 bridgehead atoms. The van der Waals surface area contributed by atoms with Crippen molar-refractivity contribution < 1.29 is 19.4 Å². The first-order chi connectivity index (χ1) is 15.5. The van der Waals surface area contributed by atoms with E-state index in [0.717, 1.165) is 31.2 Å². The monoisotopic (exact) mass is 462 g/mol. The number of aliphatic hydroxyl groups excluding tert-OH is 1. The second-order valence-corrected chi connectivity index (χ2v) is 9.17. The predicted octanol–water partition coefficient (Wildman–Crippen LogP) is 2.97. The Morgan fingerprint density at radius 1 is 1.31 bits per heavy atom. The Balaban J connectivity index is 1.27. The van der Waals surface area contributed by atoms with Gasteiger partial charge in [-0.05, 0) is 31.7 Å². The Kier molecular flexibility index (Phi) is 7.20. The molecule has 2 fully saturated rings. The Labute approximate surface area is 193 Å². The molecule has 2 amide bonds. The second-order valence-electron chi connectivity index (χ2n) is 8.77. The first kappa shape index (κ1) is 22.9. The number of benzene rings is 1. The van der Waals surface area contributed by atoms with Crippen LogP contribution in [0.15, 0.2) is 17.1 Å². The van der Waals surface area contributed by atoms with Gasteiger partial charge in [0, 0.05) is 37.7 Å². The zero-order chi connectivity index (χ0) is 22.7. The number of rotatable bonds is 8. The van der Waals surface area contributed by atoms with Crippen LogP contribution in [-0.2, 0) is 16.1 Å². The number of amides is 2. The van der Waals surface area contributed by atoms with E-state index >= 15 is 0 Å². The molecule has 0 spiro atoms. The number of carbonyl (C=O) groups is 2. The third-order valence-corrected chi connectivity index (χ3v) is 6.89. The van der Waals surface area contributed by atoms with Gasteiger partial charge < -0.3 is 19.6 Å². The molecule has 1 aromatic carbocycles. The normalized spacial score (nSPS) is 20.3. The van der Waals surface area contributed by atoms with E-state index < -0.39 is 6.04 Å². The number of unbranched alkanes of at least 4 members (excludes halogenated alkanes) is 1. The topological polar surface area (TPSA) is 94.5 Å². The van der Waals surface area contributed by atoms with Crippen molar-refractivity contribution in [3.63, 3.8) is 0 Å². The van der Waals surface area contributed by atoms with E-state index in [1.165, 1.54) is 19.3 Å². The number of guanidine groups is 1. The van der Waals surface area contributed by atoms with Crippen LogP contribution in [0.25, 0.3) is 0 Å². The molecule has 2 N–H and O–H groups in total. The van der Waals surface area contributed by atoms with Gasteiger partial charge in [0.15, 0.2) is 0 Å². The quantitative estimate of drug-likeness (QED) is 0.579. The molecule has 2 aliphatic heterocycles.